The Morgan fingerprint density at radius 1 is 1.69 bits per heavy atom. The fourth-order valence-corrected chi connectivity index (χ4v) is 1.08. The summed E-state index contributed by atoms with van der Waals surface area (Å²) >= 11 is 5.44. The zero-order valence-electron chi connectivity index (χ0n) is 8.59. The van der Waals surface area contributed by atoms with Crippen LogP contribution in [0.25, 0.3) is 0 Å². The van der Waals surface area contributed by atoms with E-state index in [1.807, 2.05) is 0 Å². The lowest BCUT2D eigenvalue weighted by Gasteiger charge is -2.00. The maximum atomic E-state index is 13.1. The quantitative estimate of drug-likeness (QED) is 0.344. The van der Waals surface area contributed by atoms with E-state index < -0.39 is 11.9 Å². The molecular weight excluding hydrogens is 233 g/mol. The molecule has 0 spiro atoms. The molecule has 0 aliphatic carbocycles. The number of rotatable bonds is 2. The van der Waals surface area contributed by atoms with Crippen LogP contribution >= 0.6 is 11.6 Å². The highest BCUT2D eigenvalue weighted by Gasteiger charge is 2.13. The van der Waals surface area contributed by atoms with E-state index in [0.717, 1.165) is 0 Å². The first-order valence-corrected chi connectivity index (χ1v) is 5.01. The largest absolute Gasteiger partial charge is 0.465 e. The Kier molecular flexibility index (Phi) is 4.74. The Morgan fingerprint density at radius 2 is 2.44 bits per heavy atom. The van der Waals surface area contributed by atoms with Gasteiger partial charge in [-0.05, 0) is 6.07 Å². The molecule has 0 atom stereocenters. The molecule has 0 N–H and O–H groups in total. The van der Waals surface area contributed by atoms with Crippen LogP contribution in [0.4, 0.5) is 4.39 Å². The molecule has 0 fully saturated rings. The molecule has 1 aromatic heterocycles. The first kappa shape index (κ1) is 12.5. The number of halogens is 2. The van der Waals surface area contributed by atoms with E-state index in [9.17, 15) is 9.18 Å². The van der Waals surface area contributed by atoms with Gasteiger partial charge < -0.3 is 4.74 Å². The first-order valence-electron chi connectivity index (χ1n) is 4.47. The third-order valence-corrected chi connectivity index (χ3v) is 1.89. The summed E-state index contributed by atoms with van der Waals surface area (Å²) in [5.74, 6) is 4.26. The number of hydrogen-bond acceptors (Lipinski definition) is 3. The van der Waals surface area contributed by atoms with Crippen LogP contribution in [0.5, 0.6) is 0 Å². The molecule has 0 aliphatic heterocycles. The van der Waals surface area contributed by atoms with Crippen molar-refractivity contribution in [1.82, 2.24) is 4.98 Å². The Balaban J connectivity index is 2.99. The van der Waals surface area contributed by atoms with Crippen molar-refractivity contribution >= 4 is 17.6 Å². The second kappa shape index (κ2) is 6.09. The number of hydrogen-bond donors (Lipinski definition) is 0. The lowest BCUT2D eigenvalue weighted by atomic mass is 10.2. The summed E-state index contributed by atoms with van der Waals surface area (Å²) in [6.45, 7) is 0. The summed E-state index contributed by atoms with van der Waals surface area (Å²) in [5.41, 5.74) is 0.229. The van der Waals surface area contributed by atoms with Gasteiger partial charge in [-0.3, -0.25) is 0 Å². The van der Waals surface area contributed by atoms with E-state index in [0.29, 0.717) is 17.9 Å². The van der Waals surface area contributed by atoms with Crippen LogP contribution < -0.4 is 0 Å². The summed E-state index contributed by atoms with van der Waals surface area (Å²) in [6.07, 6.45) is 1.77. The van der Waals surface area contributed by atoms with Crippen molar-refractivity contribution in [3.63, 3.8) is 0 Å². The summed E-state index contributed by atoms with van der Waals surface area (Å²) in [5, 5.41) is 0. The zero-order valence-corrected chi connectivity index (χ0v) is 9.34. The summed E-state index contributed by atoms with van der Waals surface area (Å²) in [7, 11) is 1.17. The molecule has 0 radical (unpaired) electrons. The molecule has 84 valence electrons. The molecule has 1 aromatic rings. The fourth-order valence-electron chi connectivity index (χ4n) is 0.981. The van der Waals surface area contributed by atoms with Crippen molar-refractivity contribution in [1.29, 1.82) is 0 Å². The van der Waals surface area contributed by atoms with Gasteiger partial charge in [0.05, 0.1) is 7.11 Å². The normalized spacial score (nSPS) is 9.19. The predicted octanol–water partition coefficient (Wildman–Crippen LogP) is 1.99. The molecule has 3 nitrogen and oxygen atoms in total. The Labute approximate surface area is 97.6 Å². The molecule has 5 heteroatoms. The van der Waals surface area contributed by atoms with Crippen molar-refractivity contribution in [2.45, 2.75) is 6.42 Å². The molecule has 0 saturated heterocycles. The number of alkyl halides is 1. The highest BCUT2D eigenvalue weighted by atomic mass is 35.5. The van der Waals surface area contributed by atoms with Gasteiger partial charge in [0, 0.05) is 24.1 Å². The number of pyridine rings is 1. The van der Waals surface area contributed by atoms with Gasteiger partial charge in [-0.15, -0.1) is 11.6 Å². The van der Waals surface area contributed by atoms with Crippen LogP contribution in [0.15, 0.2) is 12.3 Å². The molecule has 0 aromatic carbocycles. The standard InChI is InChI=1S/C11H9ClFNO2/c1-16-11(15)9-6-8(4-2-3-5-12)7-14-10(9)13/h6-7H,3,5H2,1H3. The van der Waals surface area contributed by atoms with Crippen molar-refractivity contribution in [3.8, 4) is 11.8 Å². The van der Waals surface area contributed by atoms with Crippen molar-refractivity contribution in [2.75, 3.05) is 13.0 Å². The number of carbonyl (C=O) groups excluding carboxylic acids is 1. The Morgan fingerprint density at radius 3 is 3.06 bits per heavy atom. The number of aromatic nitrogens is 1. The van der Waals surface area contributed by atoms with Gasteiger partial charge in [-0.25, -0.2) is 9.78 Å². The fraction of sp³-hybridized carbons (Fsp3) is 0.273. The van der Waals surface area contributed by atoms with E-state index in [1.54, 1.807) is 0 Å². The number of carbonyl (C=O) groups is 1. The van der Waals surface area contributed by atoms with E-state index in [-0.39, 0.29) is 5.56 Å². The van der Waals surface area contributed by atoms with Crippen molar-refractivity contribution in [2.24, 2.45) is 0 Å². The van der Waals surface area contributed by atoms with Gasteiger partial charge in [-0.2, -0.15) is 4.39 Å². The van der Waals surface area contributed by atoms with Crippen molar-refractivity contribution in [3.05, 3.63) is 29.3 Å². The lowest BCUT2D eigenvalue weighted by molar-refractivity contribution is 0.0594. The van der Waals surface area contributed by atoms with Gasteiger partial charge >= 0.3 is 5.97 Å². The van der Waals surface area contributed by atoms with E-state index in [2.05, 4.69) is 21.6 Å². The average Bonchev–Trinajstić information content (AvgIpc) is 2.30. The summed E-state index contributed by atoms with van der Waals surface area (Å²) < 4.78 is 17.5. The molecule has 0 unspecified atom stereocenters. The minimum atomic E-state index is -0.866. The van der Waals surface area contributed by atoms with Gasteiger partial charge in [0.1, 0.15) is 5.56 Å². The monoisotopic (exact) mass is 241 g/mol. The number of esters is 1. The molecule has 0 aliphatic rings. The van der Waals surface area contributed by atoms with Crippen LogP contribution in [0.2, 0.25) is 0 Å². The predicted molar refractivity (Wildman–Crippen MR) is 57.7 cm³/mol. The third-order valence-electron chi connectivity index (χ3n) is 1.70. The van der Waals surface area contributed by atoms with Gasteiger partial charge in [0.2, 0.25) is 5.95 Å². The maximum Gasteiger partial charge on any atom is 0.342 e. The van der Waals surface area contributed by atoms with Crippen LogP contribution in [0, 0.1) is 17.8 Å². The second-order valence-corrected chi connectivity index (χ2v) is 3.17. The van der Waals surface area contributed by atoms with Crippen LogP contribution in [-0.2, 0) is 4.74 Å². The molecule has 1 heterocycles. The zero-order chi connectivity index (χ0) is 12.0. The highest BCUT2D eigenvalue weighted by Crippen LogP contribution is 2.08. The smallest absolute Gasteiger partial charge is 0.342 e. The second-order valence-electron chi connectivity index (χ2n) is 2.79. The van der Waals surface area contributed by atoms with E-state index >= 15 is 0 Å². The first-order chi connectivity index (χ1) is 7.69. The number of ether oxygens (including phenoxy) is 1. The van der Waals surface area contributed by atoms with Crippen LogP contribution in [0.3, 0.4) is 0 Å². The average molecular weight is 242 g/mol. The molecule has 0 saturated carbocycles. The molecular formula is C11H9ClFNO2. The molecule has 0 bridgehead atoms. The maximum absolute atomic E-state index is 13.1. The van der Waals surface area contributed by atoms with Gasteiger partial charge in [0.25, 0.3) is 0 Å². The van der Waals surface area contributed by atoms with Crippen LogP contribution in [-0.4, -0.2) is 23.9 Å². The molecule has 0 amide bonds. The third kappa shape index (κ3) is 3.21. The SMILES string of the molecule is COC(=O)c1cc(C#CCCCl)cnc1F. The van der Waals surface area contributed by atoms with Crippen LogP contribution in [0.1, 0.15) is 22.3 Å². The highest BCUT2D eigenvalue weighted by molar-refractivity contribution is 6.18. The molecule has 1 rings (SSSR count). The molecule has 16 heavy (non-hydrogen) atoms. The number of nitrogens with zero attached hydrogens (tertiary/aromatic N) is 1. The minimum absolute atomic E-state index is 0.222. The number of methoxy groups -OCH3 is 1. The Bertz CT molecular complexity index is 451. The summed E-state index contributed by atoms with van der Waals surface area (Å²) in [4.78, 5) is 14.6. The van der Waals surface area contributed by atoms with Crippen molar-refractivity contribution < 1.29 is 13.9 Å². The lowest BCUT2D eigenvalue weighted by Crippen LogP contribution is -2.06. The summed E-state index contributed by atoms with van der Waals surface area (Å²) in [6, 6.07) is 1.30. The van der Waals surface area contributed by atoms with E-state index in [1.165, 1.54) is 19.4 Å². The van der Waals surface area contributed by atoms with Gasteiger partial charge in [-0.1, -0.05) is 11.8 Å². The topological polar surface area (TPSA) is 39.2 Å². The minimum Gasteiger partial charge on any atom is -0.465 e. The van der Waals surface area contributed by atoms with Gasteiger partial charge in [0.15, 0.2) is 0 Å². The Hall–Kier alpha value is -1.60. The van der Waals surface area contributed by atoms with E-state index in [4.69, 9.17) is 11.6 Å².